The van der Waals surface area contributed by atoms with Crippen LogP contribution in [-0.4, -0.2) is 47.4 Å². The molecule has 2 rings (SSSR count). The summed E-state index contributed by atoms with van der Waals surface area (Å²) < 4.78 is 11.1. The van der Waals surface area contributed by atoms with Crippen molar-refractivity contribution < 1.29 is 9.47 Å². The normalized spacial score (nSPS) is 22.1. The molecule has 1 saturated heterocycles. The lowest BCUT2D eigenvalue weighted by molar-refractivity contribution is 0.108. The largest absolute Gasteiger partial charge is 0.461 e. The summed E-state index contributed by atoms with van der Waals surface area (Å²) in [7, 11) is 1.77. The fourth-order valence-electron chi connectivity index (χ4n) is 2.08. The molecule has 0 aliphatic carbocycles. The lowest BCUT2D eigenvalue weighted by Gasteiger charge is -2.15. The summed E-state index contributed by atoms with van der Waals surface area (Å²) in [5, 5.41) is 6.15. The molecule has 7 nitrogen and oxygen atoms in total. The smallest absolute Gasteiger partial charge is 0.323 e. The maximum absolute atomic E-state index is 5.54. The van der Waals surface area contributed by atoms with Gasteiger partial charge in [-0.15, -0.1) is 0 Å². The molecule has 1 aromatic rings. The molecule has 0 radical (unpaired) electrons. The summed E-state index contributed by atoms with van der Waals surface area (Å²) in [6.07, 6.45) is 1.37. The number of nitrogens with zero attached hydrogens (tertiary/aromatic N) is 3. The van der Waals surface area contributed by atoms with Gasteiger partial charge >= 0.3 is 6.01 Å². The van der Waals surface area contributed by atoms with Crippen LogP contribution in [0.4, 0.5) is 11.9 Å². The number of rotatable bonds is 6. The molecule has 0 saturated carbocycles. The van der Waals surface area contributed by atoms with Gasteiger partial charge in [0.2, 0.25) is 11.9 Å². The Hall–Kier alpha value is -1.63. The number of anilines is 2. The molecule has 112 valence electrons. The molecule has 1 aromatic heterocycles. The van der Waals surface area contributed by atoms with Gasteiger partial charge in [-0.3, -0.25) is 0 Å². The topological polar surface area (TPSA) is 81.2 Å². The zero-order valence-corrected chi connectivity index (χ0v) is 12.5. The van der Waals surface area contributed by atoms with Crippen LogP contribution in [0.1, 0.15) is 27.2 Å². The van der Waals surface area contributed by atoms with E-state index in [9.17, 15) is 0 Å². The van der Waals surface area contributed by atoms with Gasteiger partial charge in [0.05, 0.1) is 12.2 Å². The lowest BCUT2D eigenvalue weighted by atomic mass is 10.0. The minimum Gasteiger partial charge on any atom is -0.461 e. The lowest BCUT2D eigenvalue weighted by Crippen LogP contribution is -2.22. The fourth-order valence-corrected chi connectivity index (χ4v) is 2.08. The molecule has 2 heterocycles. The van der Waals surface area contributed by atoms with Crippen LogP contribution in [0.5, 0.6) is 6.01 Å². The SMILES string of the molecule is CNc1nc(NCC2CCOC2C)nc(OC(C)C)n1. The molecular formula is C13H23N5O2. The maximum atomic E-state index is 5.54. The first-order valence-electron chi connectivity index (χ1n) is 7.04. The minimum atomic E-state index is 0.0261. The van der Waals surface area contributed by atoms with Gasteiger partial charge in [-0.1, -0.05) is 0 Å². The van der Waals surface area contributed by atoms with Gasteiger partial charge in [-0.25, -0.2) is 0 Å². The molecule has 2 unspecified atom stereocenters. The van der Waals surface area contributed by atoms with Crippen LogP contribution < -0.4 is 15.4 Å². The second-order valence-corrected chi connectivity index (χ2v) is 5.19. The van der Waals surface area contributed by atoms with Crippen LogP contribution in [-0.2, 0) is 4.74 Å². The monoisotopic (exact) mass is 281 g/mol. The third-order valence-corrected chi connectivity index (χ3v) is 3.24. The van der Waals surface area contributed by atoms with Crippen LogP contribution >= 0.6 is 0 Å². The molecule has 1 aliphatic rings. The number of ether oxygens (including phenoxy) is 2. The van der Waals surface area contributed by atoms with E-state index >= 15 is 0 Å². The van der Waals surface area contributed by atoms with Crippen molar-refractivity contribution in [3.63, 3.8) is 0 Å². The summed E-state index contributed by atoms with van der Waals surface area (Å²) >= 11 is 0. The number of hydrogen-bond donors (Lipinski definition) is 2. The van der Waals surface area contributed by atoms with Crippen molar-refractivity contribution >= 4 is 11.9 Å². The molecule has 2 N–H and O–H groups in total. The van der Waals surface area contributed by atoms with Crippen LogP contribution in [0.25, 0.3) is 0 Å². The molecule has 0 spiro atoms. The van der Waals surface area contributed by atoms with Crippen LogP contribution in [0.2, 0.25) is 0 Å². The second kappa shape index (κ2) is 6.69. The molecular weight excluding hydrogens is 258 g/mol. The summed E-state index contributed by atoms with van der Waals surface area (Å²) in [4.78, 5) is 12.7. The summed E-state index contributed by atoms with van der Waals surface area (Å²) in [6.45, 7) is 7.59. The standard InChI is InChI=1S/C13H23N5O2/c1-8(2)20-13-17-11(14-4)16-12(18-13)15-7-10-5-6-19-9(10)3/h8-10H,5-7H2,1-4H3,(H2,14,15,16,17,18). The predicted molar refractivity (Wildman–Crippen MR) is 77.1 cm³/mol. The zero-order chi connectivity index (χ0) is 14.5. The van der Waals surface area contributed by atoms with Crippen molar-refractivity contribution in [1.29, 1.82) is 0 Å². The van der Waals surface area contributed by atoms with Gasteiger partial charge in [0.15, 0.2) is 0 Å². The van der Waals surface area contributed by atoms with Crippen molar-refractivity contribution in [3.8, 4) is 6.01 Å². The molecule has 2 atom stereocenters. The first kappa shape index (κ1) is 14.8. The highest BCUT2D eigenvalue weighted by molar-refractivity contribution is 5.35. The number of hydrogen-bond acceptors (Lipinski definition) is 7. The summed E-state index contributed by atoms with van der Waals surface area (Å²) in [5.74, 6) is 1.51. The Labute approximate surface area is 119 Å². The maximum Gasteiger partial charge on any atom is 0.323 e. The third-order valence-electron chi connectivity index (χ3n) is 3.24. The van der Waals surface area contributed by atoms with E-state index in [2.05, 4.69) is 32.5 Å². The number of aromatic nitrogens is 3. The Balaban J connectivity index is 2.02. The number of nitrogens with one attached hydrogen (secondary N) is 2. The Morgan fingerprint density at radius 1 is 1.30 bits per heavy atom. The Bertz CT molecular complexity index is 441. The third kappa shape index (κ3) is 3.93. The van der Waals surface area contributed by atoms with Crippen molar-refractivity contribution in [2.45, 2.75) is 39.4 Å². The Kier molecular flexibility index (Phi) is 4.94. The van der Waals surface area contributed by atoms with Gasteiger partial charge in [0.1, 0.15) is 0 Å². The van der Waals surface area contributed by atoms with Crippen LogP contribution in [0.15, 0.2) is 0 Å². The van der Waals surface area contributed by atoms with Gasteiger partial charge in [-0.05, 0) is 27.2 Å². The van der Waals surface area contributed by atoms with E-state index < -0.39 is 0 Å². The van der Waals surface area contributed by atoms with Gasteiger partial charge in [0, 0.05) is 26.1 Å². The Morgan fingerprint density at radius 3 is 2.65 bits per heavy atom. The van der Waals surface area contributed by atoms with E-state index in [1.165, 1.54) is 0 Å². The van der Waals surface area contributed by atoms with Gasteiger partial charge < -0.3 is 20.1 Å². The molecule has 0 aromatic carbocycles. The highest BCUT2D eigenvalue weighted by atomic mass is 16.5. The summed E-state index contributed by atoms with van der Waals surface area (Å²) in [5.41, 5.74) is 0. The zero-order valence-electron chi connectivity index (χ0n) is 12.5. The first-order valence-corrected chi connectivity index (χ1v) is 7.04. The van der Waals surface area contributed by atoms with Crippen molar-refractivity contribution in [1.82, 2.24) is 15.0 Å². The van der Waals surface area contributed by atoms with Crippen molar-refractivity contribution in [2.75, 3.05) is 30.8 Å². The van der Waals surface area contributed by atoms with E-state index in [0.717, 1.165) is 19.6 Å². The van der Waals surface area contributed by atoms with Crippen LogP contribution in [0, 0.1) is 5.92 Å². The fraction of sp³-hybridized carbons (Fsp3) is 0.769. The molecule has 1 aliphatic heterocycles. The highest BCUT2D eigenvalue weighted by Crippen LogP contribution is 2.21. The van der Waals surface area contributed by atoms with Gasteiger partial charge in [0.25, 0.3) is 0 Å². The van der Waals surface area contributed by atoms with Crippen molar-refractivity contribution in [2.24, 2.45) is 5.92 Å². The molecule has 7 heteroatoms. The van der Waals surface area contributed by atoms with E-state index in [-0.39, 0.29) is 12.2 Å². The average Bonchev–Trinajstić information content (AvgIpc) is 2.81. The van der Waals surface area contributed by atoms with E-state index in [4.69, 9.17) is 9.47 Å². The predicted octanol–water partition coefficient (Wildman–Crippen LogP) is 1.54. The van der Waals surface area contributed by atoms with Gasteiger partial charge in [-0.2, -0.15) is 15.0 Å². The molecule has 0 amide bonds. The second-order valence-electron chi connectivity index (χ2n) is 5.19. The van der Waals surface area contributed by atoms with E-state index in [1.54, 1.807) is 7.05 Å². The molecule has 20 heavy (non-hydrogen) atoms. The van der Waals surface area contributed by atoms with E-state index in [1.807, 2.05) is 13.8 Å². The van der Waals surface area contributed by atoms with Crippen molar-refractivity contribution in [3.05, 3.63) is 0 Å². The minimum absolute atomic E-state index is 0.0261. The molecule has 0 bridgehead atoms. The van der Waals surface area contributed by atoms with E-state index in [0.29, 0.717) is 23.8 Å². The summed E-state index contributed by atoms with van der Waals surface area (Å²) in [6, 6.07) is 0.331. The first-order chi connectivity index (χ1) is 9.58. The quantitative estimate of drug-likeness (QED) is 0.818. The molecule has 1 fully saturated rings. The average molecular weight is 281 g/mol. The van der Waals surface area contributed by atoms with Crippen LogP contribution in [0.3, 0.4) is 0 Å². The highest BCUT2D eigenvalue weighted by Gasteiger charge is 2.24. The Morgan fingerprint density at radius 2 is 2.05 bits per heavy atom.